The minimum absolute atomic E-state index is 0.224. The van der Waals surface area contributed by atoms with E-state index >= 15 is 0 Å². The predicted molar refractivity (Wildman–Crippen MR) is 83.9 cm³/mol. The number of imidazole rings is 1. The molecule has 1 aliphatic heterocycles. The van der Waals surface area contributed by atoms with Crippen LogP contribution in [0.3, 0.4) is 0 Å². The fraction of sp³-hybridized carbons (Fsp3) is 0.188. The highest BCUT2D eigenvalue weighted by Gasteiger charge is 2.25. The number of nitro groups is 1. The average molecular weight is 294 g/mol. The molecule has 0 atom stereocenters. The maximum atomic E-state index is 11.1. The standard InChI is InChI=1S/C16H14N4O2/c21-20(22)15-7-3-4-11-10-19(9-8-12(11)15)16-17-13-5-1-2-6-14(13)18-16/h1-7H,8-10H2,(H,17,18). The predicted octanol–water partition coefficient (Wildman–Crippen LogP) is 3.03. The highest BCUT2D eigenvalue weighted by molar-refractivity contribution is 5.77. The Bertz CT molecular complexity index is 838. The number of anilines is 1. The molecule has 0 spiro atoms. The van der Waals surface area contributed by atoms with Gasteiger partial charge in [-0.15, -0.1) is 0 Å². The summed E-state index contributed by atoms with van der Waals surface area (Å²) in [7, 11) is 0. The Labute approximate surface area is 126 Å². The van der Waals surface area contributed by atoms with Crippen molar-refractivity contribution >= 4 is 22.7 Å². The van der Waals surface area contributed by atoms with Crippen LogP contribution in [-0.4, -0.2) is 21.4 Å². The number of hydrogen-bond donors (Lipinski definition) is 1. The van der Waals surface area contributed by atoms with Gasteiger partial charge in [0.2, 0.25) is 5.95 Å². The molecule has 4 rings (SSSR count). The fourth-order valence-corrected chi connectivity index (χ4v) is 3.03. The number of para-hydroxylation sites is 2. The highest BCUT2D eigenvalue weighted by Crippen LogP contribution is 2.29. The van der Waals surface area contributed by atoms with Crippen molar-refractivity contribution in [1.29, 1.82) is 0 Å². The number of H-pyrrole nitrogens is 1. The Kier molecular flexibility index (Phi) is 2.82. The van der Waals surface area contributed by atoms with E-state index in [2.05, 4.69) is 14.9 Å². The molecule has 0 amide bonds. The topological polar surface area (TPSA) is 75.1 Å². The number of hydrogen-bond acceptors (Lipinski definition) is 4. The number of fused-ring (bicyclic) bond motifs is 2. The van der Waals surface area contributed by atoms with Gasteiger partial charge in [0.25, 0.3) is 5.69 Å². The lowest BCUT2D eigenvalue weighted by Gasteiger charge is -2.28. The van der Waals surface area contributed by atoms with Crippen LogP contribution in [0.2, 0.25) is 0 Å². The summed E-state index contributed by atoms with van der Waals surface area (Å²) in [5, 5.41) is 11.1. The van der Waals surface area contributed by atoms with E-state index in [0.717, 1.165) is 34.7 Å². The lowest BCUT2D eigenvalue weighted by molar-refractivity contribution is -0.385. The van der Waals surface area contributed by atoms with Crippen molar-refractivity contribution in [2.45, 2.75) is 13.0 Å². The molecular formula is C16H14N4O2. The molecule has 3 aromatic rings. The molecule has 0 bridgehead atoms. The van der Waals surface area contributed by atoms with E-state index in [-0.39, 0.29) is 10.6 Å². The Morgan fingerprint density at radius 3 is 2.86 bits per heavy atom. The summed E-state index contributed by atoms with van der Waals surface area (Å²) >= 11 is 0. The highest BCUT2D eigenvalue weighted by atomic mass is 16.6. The molecule has 6 heteroatoms. The lowest BCUT2D eigenvalue weighted by atomic mass is 9.98. The minimum Gasteiger partial charge on any atom is -0.338 e. The van der Waals surface area contributed by atoms with Gasteiger partial charge in [0.1, 0.15) is 0 Å². The van der Waals surface area contributed by atoms with E-state index < -0.39 is 0 Å². The summed E-state index contributed by atoms with van der Waals surface area (Å²) in [6, 6.07) is 13.2. The van der Waals surface area contributed by atoms with Crippen LogP contribution in [-0.2, 0) is 13.0 Å². The third-order valence-corrected chi connectivity index (χ3v) is 4.11. The number of nitro benzene ring substituents is 1. The lowest BCUT2D eigenvalue weighted by Crippen LogP contribution is -2.31. The van der Waals surface area contributed by atoms with Gasteiger partial charge in [-0.2, -0.15) is 0 Å². The molecule has 22 heavy (non-hydrogen) atoms. The van der Waals surface area contributed by atoms with Crippen LogP contribution in [0.1, 0.15) is 11.1 Å². The van der Waals surface area contributed by atoms with E-state index in [1.807, 2.05) is 30.3 Å². The molecule has 0 aliphatic carbocycles. The van der Waals surface area contributed by atoms with Gasteiger partial charge in [-0.3, -0.25) is 10.1 Å². The first kappa shape index (κ1) is 12.8. The summed E-state index contributed by atoms with van der Waals surface area (Å²) in [4.78, 5) is 20.9. The second-order valence-electron chi connectivity index (χ2n) is 5.42. The van der Waals surface area contributed by atoms with Crippen LogP contribution in [0.4, 0.5) is 11.6 Å². The van der Waals surface area contributed by atoms with Crippen molar-refractivity contribution in [3.05, 3.63) is 63.7 Å². The van der Waals surface area contributed by atoms with Gasteiger partial charge in [-0.25, -0.2) is 4.98 Å². The van der Waals surface area contributed by atoms with Gasteiger partial charge in [-0.1, -0.05) is 24.3 Å². The number of nitrogens with zero attached hydrogens (tertiary/aromatic N) is 3. The third-order valence-electron chi connectivity index (χ3n) is 4.11. The second kappa shape index (κ2) is 4.84. The van der Waals surface area contributed by atoms with Gasteiger partial charge in [0.15, 0.2) is 0 Å². The number of aromatic nitrogens is 2. The Balaban J connectivity index is 1.70. The summed E-state index contributed by atoms with van der Waals surface area (Å²) in [5.74, 6) is 0.818. The zero-order chi connectivity index (χ0) is 15.1. The molecule has 1 N–H and O–H groups in total. The minimum atomic E-state index is -0.296. The zero-order valence-electron chi connectivity index (χ0n) is 11.8. The summed E-state index contributed by atoms with van der Waals surface area (Å²) in [5.41, 5.74) is 4.01. The smallest absolute Gasteiger partial charge is 0.272 e. The molecule has 0 unspecified atom stereocenters. The third kappa shape index (κ3) is 2.00. The first-order valence-electron chi connectivity index (χ1n) is 7.17. The van der Waals surface area contributed by atoms with Crippen molar-refractivity contribution in [1.82, 2.24) is 9.97 Å². The second-order valence-corrected chi connectivity index (χ2v) is 5.42. The summed E-state index contributed by atoms with van der Waals surface area (Å²) in [6.07, 6.45) is 0.656. The van der Waals surface area contributed by atoms with Gasteiger partial charge >= 0.3 is 0 Å². The number of rotatable bonds is 2. The number of benzene rings is 2. The van der Waals surface area contributed by atoms with Crippen LogP contribution in [0, 0.1) is 10.1 Å². The van der Waals surface area contributed by atoms with Crippen molar-refractivity contribution in [2.75, 3.05) is 11.4 Å². The van der Waals surface area contributed by atoms with Crippen LogP contribution in [0.25, 0.3) is 11.0 Å². The fourth-order valence-electron chi connectivity index (χ4n) is 3.03. The first-order chi connectivity index (χ1) is 10.7. The van der Waals surface area contributed by atoms with Crippen LogP contribution >= 0.6 is 0 Å². The van der Waals surface area contributed by atoms with E-state index in [9.17, 15) is 10.1 Å². The molecule has 1 aromatic heterocycles. The van der Waals surface area contributed by atoms with Crippen molar-refractivity contribution < 1.29 is 4.92 Å². The quantitative estimate of drug-likeness (QED) is 0.582. The first-order valence-corrected chi connectivity index (χ1v) is 7.17. The molecule has 6 nitrogen and oxygen atoms in total. The summed E-state index contributed by atoms with van der Waals surface area (Å²) < 4.78 is 0. The van der Waals surface area contributed by atoms with E-state index in [1.165, 1.54) is 0 Å². The Morgan fingerprint density at radius 1 is 1.18 bits per heavy atom. The molecule has 0 radical (unpaired) electrons. The van der Waals surface area contributed by atoms with Gasteiger partial charge in [0, 0.05) is 24.7 Å². The molecule has 0 saturated carbocycles. The number of nitrogens with one attached hydrogen (secondary N) is 1. The molecule has 0 fully saturated rings. The molecule has 1 aliphatic rings. The molecule has 0 saturated heterocycles. The summed E-state index contributed by atoms with van der Waals surface area (Å²) in [6.45, 7) is 1.36. The Morgan fingerprint density at radius 2 is 2.05 bits per heavy atom. The monoisotopic (exact) mass is 294 g/mol. The molecule has 110 valence electrons. The van der Waals surface area contributed by atoms with Gasteiger partial charge < -0.3 is 9.88 Å². The van der Waals surface area contributed by atoms with Crippen molar-refractivity contribution in [3.8, 4) is 0 Å². The largest absolute Gasteiger partial charge is 0.338 e. The zero-order valence-corrected chi connectivity index (χ0v) is 11.8. The number of aromatic amines is 1. The van der Waals surface area contributed by atoms with Crippen molar-refractivity contribution in [2.24, 2.45) is 0 Å². The van der Waals surface area contributed by atoms with Gasteiger partial charge in [-0.05, 0) is 24.1 Å². The van der Waals surface area contributed by atoms with Crippen LogP contribution < -0.4 is 4.90 Å². The van der Waals surface area contributed by atoms with Crippen molar-refractivity contribution in [3.63, 3.8) is 0 Å². The SMILES string of the molecule is O=[N+]([O-])c1cccc2c1CCN(c1nc3ccccc3[nH]1)C2. The van der Waals surface area contributed by atoms with E-state index in [1.54, 1.807) is 12.1 Å². The maximum Gasteiger partial charge on any atom is 0.272 e. The molecular weight excluding hydrogens is 280 g/mol. The maximum absolute atomic E-state index is 11.1. The Hall–Kier alpha value is -2.89. The molecule has 2 aromatic carbocycles. The average Bonchev–Trinajstić information content (AvgIpc) is 2.97. The van der Waals surface area contributed by atoms with E-state index in [0.29, 0.717) is 13.0 Å². The van der Waals surface area contributed by atoms with E-state index in [4.69, 9.17) is 0 Å². The normalized spacial score (nSPS) is 14.1. The molecule has 2 heterocycles. The van der Waals surface area contributed by atoms with Crippen LogP contribution in [0.5, 0.6) is 0 Å². The van der Waals surface area contributed by atoms with Gasteiger partial charge in [0.05, 0.1) is 16.0 Å². The van der Waals surface area contributed by atoms with Crippen LogP contribution in [0.15, 0.2) is 42.5 Å².